The molecular weight excluding hydrogens is 402 g/mol. The normalized spacial score (nSPS) is 13.2. The molecule has 0 fully saturated rings. The minimum absolute atomic E-state index is 0.0167. The van der Waals surface area contributed by atoms with Crippen LogP contribution in [0.25, 0.3) is 11.3 Å². The Balaban J connectivity index is 2.05. The van der Waals surface area contributed by atoms with Crippen LogP contribution in [0.4, 0.5) is 5.69 Å². The highest BCUT2D eigenvalue weighted by Gasteiger charge is 2.23. The van der Waals surface area contributed by atoms with E-state index in [0.717, 1.165) is 40.1 Å². The Hall–Kier alpha value is -3.28. The number of aromatic nitrogens is 2. The molecule has 0 radical (unpaired) electrons. The van der Waals surface area contributed by atoms with Gasteiger partial charge in [0.2, 0.25) is 0 Å². The third kappa shape index (κ3) is 3.64. The monoisotopic (exact) mass is 433 g/mol. The largest absolute Gasteiger partial charge is 0.493 e. The van der Waals surface area contributed by atoms with Crippen LogP contribution in [0.5, 0.6) is 11.5 Å². The maximum atomic E-state index is 13.6. The number of ether oxygens (including phenoxy) is 2. The average molecular weight is 434 g/mol. The lowest BCUT2D eigenvalue weighted by molar-refractivity contribution is 0.354. The van der Waals surface area contributed by atoms with E-state index in [1.807, 2.05) is 36.6 Å². The Labute approximate surface area is 188 Å². The first kappa shape index (κ1) is 21.9. The van der Waals surface area contributed by atoms with E-state index in [4.69, 9.17) is 14.5 Å². The molecule has 4 rings (SSSR count). The van der Waals surface area contributed by atoms with Crippen molar-refractivity contribution >= 4 is 5.69 Å². The summed E-state index contributed by atoms with van der Waals surface area (Å²) in [6.07, 6.45) is 0.757. The van der Waals surface area contributed by atoms with Crippen LogP contribution in [0.15, 0.2) is 40.1 Å². The molecule has 0 saturated carbocycles. The fourth-order valence-electron chi connectivity index (χ4n) is 4.67. The second-order valence-electron chi connectivity index (χ2n) is 8.76. The number of rotatable bonds is 4. The molecule has 2 heterocycles. The van der Waals surface area contributed by atoms with Gasteiger partial charge in [-0.15, -0.1) is 0 Å². The van der Waals surface area contributed by atoms with Gasteiger partial charge in [0.15, 0.2) is 11.5 Å². The standard InChI is InChI=1S/C26H31N3O3/c1-15(2)29-24(27-25-17(4)10-16(3)11-18(25)5)14-21-20-13-23(32-7)22(31-6)12-19(20)8-9-28(21)26(29)30/h10-15H,8-9H2,1-7H3/b27-24-. The minimum Gasteiger partial charge on any atom is -0.493 e. The van der Waals surface area contributed by atoms with Gasteiger partial charge in [0, 0.05) is 24.2 Å². The average Bonchev–Trinajstić information content (AvgIpc) is 2.74. The van der Waals surface area contributed by atoms with Gasteiger partial charge in [-0.05, 0) is 69.9 Å². The van der Waals surface area contributed by atoms with Crippen molar-refractivity contribution in [3.63, 3.8) is 0 Å². The zero-order valence-corrected chi connectivity index (χ0v) is 19.9. The number of aryl methyl sites for hydroxylation is 4. The van der Waals surface area contributed by atoms with Crippen LogP contribution in [0.3, 0.4) is 0 Å². The lowest BCUT2D eigenvalue weighted by Crippen LogP contribution is -2.43. The lowest BCUT2D eigenvalue weighted by atomic mass is 9.97. The zero-order chi connectivity index (χ0) is 23.2. The number of hydrogen-bond donors (Lipinski definition) is 0. The molecular formula is C26H31N3O3. The van der Waals surface area contributed by atoms with E-state index in [9.17, 15) is 4.79 Å². The quantitative estimate of drug-likeness (QED) is 0.603. The first-order valence-electron chi connectivity index (χ1n) is 11.0. The number of fused-ring (bicyclic) bond motifs is 3. The molecule has 1 aliphatic rings. The third-order valence-electron chi connectivity index (χ3n) is 6.11. The third-order valence-corrected chi connectivity index (χ3v) is 6.11. The highest BCUT2D eigenvalue weighted by Crippen LogP contribution is 2.37. The lowest BCUT2D eigenvalue weighted by Gasteiger charge is -2.25. The predicted octanol–water partition coefficient (Wildman–Crippen LogP) is 4.63. The number of hydrogen-bond acceptors (Lipinski definition) is 4. The van der Waals surface area contributed by atoms with Gasteiger partial charge >= 0.3 is 5.69 Å². The molecule has 0 saturated heterocycles. The summed E-state index contributed by atoms with van der Waals surface area (Å²) in [7, 11) is 3.27. The second kappa shape index (κ2) is 8.34. The fraction of sp³-hybridized carbons (Fsp3) is 0.385. The van der Waals surface area contributed by atoms with Gasteiger partial charge in [-0.1, -0.05) is 17.7 Å². The van der Waals surface area contributed by atoms with Crippen LogP contribution in [0.2, 0.25) is 0 Å². The van der Waals surface area contributed by atoms with Crippen molar-refractivity contribution in [2.24, 2.45) is 4.99 Å². The van der Waals surface area contributed by atoms with E-state index in [0.29, 0.717) is 23.5 Å². The van der Waals surface area contributed by atoms with Gasteiger partial charge in [0.05, 0.1) is 25.6 Å². The van der Waals surface area contributed by atoms with E-state index in [1.54, 1.807) is 18.8 Å². The van der Waals surface area contributed by atoms with Crippen LogP contribution < -0.4 is 20.7 Å². The van der Waals surface area contributed by atoms with E-state index in [2.05, 4.69) is 32.9 Å². The number of nitrogens with zero attached hydrogens (tertiary/aromatic N) is 3. The molecule has 32 heavy (non-hydrogen) atoms. The summed E-state index contributed by atoms with van der Waals surface area (Å²) < 4.78 is 14.7. The summed E-state index contributed by atoms with van der Waals surface area (Å²) in [5.41, 5.74) is 7.91. The SMILES string of the molecule is COc1cc2c(cc1OC)-c1c/c(=N/c3c(C)cc(C)cc3C)n(C(C)C)c(=O)n1CC2. The van der Waals surface area contributed by atoms with Gasteiger partial charge in [0.25, 0.3) is 0 Å². The van der Waals surface area contributed by atoms with E-state index in [-0.39, 0.29) is 11.7 Å². The molecule has 1 aliphatic heterocycles. The molecule has 0 bridgehead atoms. The first-order valence-corrected chi connectivity index (χ1v) is 11.0. The summed E-state index contributed by atoms with van der Waals surface area (Å²) in [6, 6.07) is 10.2. The van der Waals surface area contributed by atoms with Crippen molar-refractivity contribution in [1.29, 1.82) is 0 Å². The molecule has 0 amide bonds. The van der Waals surface area contributed by atoms with Gasteiger partial charge in [-0.25, -0.2) is 9.79 Å². The zero-order valence-electron chi connectivity index (χ0n) is 19.9. The molecule has 2 aromatic carbocycles. The molecule has 0 atom stereocenters. The van der Waals surface area contributed by atoms with Gasteiger partial charge in [0.1, 0.15) is 5.49 Å². The van der Waals surface area contributed by atoms with Crippen molar-refractivity contribution in [2.75, 3.05) is 14.2 Å². The number of methoxy groups -OCH3 is 2. The summed E-state index contributed by atoms with van der Waals surface area (Å²) in [5.74, 6) is 1.35. The highest BCUT2D eigenvalue weighted by molar-refractivity contribution is 5.70. The highest BCUT2D eigenvalue weighted by atomic mass is 16.5. The maximum Gasteiger partial charge on any atom is 0.330 e. The molecule has 0 N–H and O–H groups in total. The van der Waals surface area contributed by atoms with Gasteiger partial charge in [-0.3, -0.25) is 9.13 Å². The fourth-order valence-corrected chi connectivity index (χ4v) is 4.67. The van der Waals surface area contributed by atoms with Crippen molar-refractivity contribution in [1.82, 2.24) is 9.13 Å². The van der Waals surface area contributed by atoms with Crippen molar-refractivity contribution in [3.05, 3.63) is 68.6 Å². The molecule has 1 aromatic heterocycles. The molecule has 0 aliphatic carbocycles. The Morgan fingerprint density at radius 1 is 0.938 bits per heavy atom. The first-order chi connectivity index (χ1) is 15.2. The van der Waals surface area contributed by atoms with Crippen LogP contribution in [-0.2, 0) is 13.0 Å². The van der Waals surface area contributed by atoms with E-state index >= 15 is 0 Å². The van der Waals surface area contributed by atoms with Crippen molar-refractivity contribution in [2.45, 2.75) is 53.6 Å². The molecule has 6 heteroatoms. The summed E-state index contributed by atoms with van der Waals surface area (Å²) >= 11 is 0. The molecule has 0 spiro atoms. The maximum absolute atomic E-state index is 13.6. The van der Waals surface area contributed by atoms with Gasteiger partial charge in [-0.2, -0.15) is 0 Å². The molecule has 168 valence electrons. The number of benzene rings is 2. The predicted molar refractivity (Wildman–Crippen MR) is 127 cm³/mol. The Kier molecular flexibility index (Phi) is 5.71. The molecule has 0 unspecified atom stereocenters. The van der Waals surface area contributed by atoms with Crippen LogP contribution in [-0.4, -0.2) is 23.4 Å². The van der Waals surface area contributed by atoms with E-state index < -0.39 is 0 Å². The topological polar surface area (TPSA) is 57.8 Å². The molecule has 3 aromatic rings. The Morgan fingerprint density at radius 2 is 1.56 bits per heavy atom. The Morgan fingerprint density at radius 3 is 2.16 bits per heavy atom. The van der Waals surface area contributed by atoms with Crippen molar-refractivity contribution in [3.8, 4) is 22.8 Å². The summed E-state index contributed by atoms with van der Waals surface area (Å²) in [5, 5.41) is 0. The van der Waals surface area contributed by atoms with E-state index in [1.165, 1.54) is 5.56 Å². The second-order valence-corrected chi connectivity index (χ2v) is 8.76. The Bertz CT molecular complexity index is 1310. The van der Waals surface area contributed by atoms with Crippen LogP contribution in [0.1, 0.15) is 42.1 Å². The summed E-state index contributed by atoms with van der Waals surface area (Å²) in [6.45, 7) is 10.9. The van der Waals surface area contributed by atoms with Crippen LogP contribution >= 0.6 is 0 Å². The smallest absolute Gasteiger partial charge is 0.330 e. The molecule has 6 nitrogen and oxygen atoms in total. The van der Waals surface area contributed by atoms with Crippen molar-refractivity contribution < 1.29 is 9.47 Å². The minimum atomic E-state index is -0.0425. The summed E-state index contributed by atoms with van der Waals surface area (Å²) in [4.78, 5) is 18.6. The van der Waals surface area contributed by atoms with Crippen LogP contribution in [0, 0.1) is 20.8 Å². The van der Waals surface area contributed by atoms with Gasteiger partial charge < -0.3 is 9.47 Å².